The lowest BCUT2D eigenvalue weighted by molar-refractivity contribution is 1.04. The van der Waals surface area contributed by atoms with E-state index in [1.54, 1.807) is 0 Å². The van der Waals surface area contributed by atoms with Crippen LogP contribution in [0.4, 0.5) is 0 Å². The van der Waals surface area contributed by atoms with E-state index < -0.39 is 0 Å². The highest BCUT2D eigenvalue weighted by Gasteiger charge is 2.18. The third kappa shape index (κ3) is 4.52. The minimum Gasteiger partial charge on any atom is -0.309 e. The normalized spacial score (nSPS) is 11.6. The van der Waals surface area contributed by atoms with E-state index in [-0.39, 0.29) is 0 Å². The van der Waals surface area contributed by atoms with Gasteiger partial charge in [-0.1, -0.05) is 109 Å². The van der Waals surface area contributed by atoms with Gasteiger partial charge >= 0.3 is 0 Å². The van der Waals surface area contributed by atoms with Crippen LogP contribution in [0.3, 0.4) is 0 Å². The van der Waals surface area contributed by atoms with Crippen molar-refractivity contribution >= 4 is 43.6 Å². The molecular weight excluding hydrogens is 611 g/mol. The molecule has 6 aromatic carbocycles. The van der Waals surface area contributed by atoms with Gasteiger partial charge in [0.15, 0.2) is 5.82 Å². The molecule has 0 aliphatic rings. The van der Waals surface area contributed by atoms with Crippen LogP contribution in [0.15, 0.2) is 176 Å². The first-order valence-electron chi connectivity index (χ1n) is 16.8. The highest BCUT2D eigenvalue weighted by molar-refractivity contribution is 6.12. The summed E-state index contributed by atoms with van der Waals surface area (Å²) in [5.41, 5.74) is 10.8. The average Bonchev–Trinajstić information content (AvgIpc) is 3.71. The molecule has 0 bridgehead atoms. The molecule has 0 aliphatic heterocycles. The Morgan fingerprint density at radius 3 is 1.68 bits per heavy atom. The number of pyridine rings is 1. The van der Waals surface area contributed by atoms with Crippen molar-refractivity contribution in [3.05, 3.63) is 176 Å². The molecule has 10 aromatic rings. The molecule has 0 saturated carbocycles. The molecule has 4 heterocycles. The van der Waals surface area contributed by atoms with Gasteiger partial charge in [0.1, 0.15) is 5.82 Å². The molecule has 0 unspecified atom stereocenters. The zero-order valence-electron chi connectivity index (χ0n) is 27.0. The minimum atomic E-state index is 0.681. The summed E-state index contributed by atoms with van der Waals surface area (Å²) in [7, 11) is 0. The van der Waals surface area contributed by atoms with Crippen molar-refractivity contribution in [1.82, 2.24) is 24.1 Å². The fraction of sp³-hybridized carbons (Fsp3) is 0. The molecular formula is C45H29N5. The van der Waals surface area contributed by atoms with Crippen LogP contribution in [-0.2, 0) is 0 Å². The topological polar surface area (TPSA) is 48.5 Å². The summed E-state index contributed by atoms with van der Waals surface area (Å²) in [5, 5.41) is 4.74. The first kappa shape index (κ1) is 28.2. The first-order chi connectivity index (χ1) is 24.8. The molecule has 0 amide bonds. The van der Waals surface area contributed by atoms with Gasteiger partial charge in [-0.2, -0.15) is 0 Å². The van der Waals surface area contributed by atoms with Crippen molar-refractivity contribution in [3.63, 3.8) is 0 Å². The summed E-state index contributed by atoms with van der Waals surface area (Å²) in [6, 6.07) is 57.5. The van der Waals surface area contributed by atoms with E-state index in [1.165, 1.54) is 27.4 Å². The highest BCUT2D eigenvalue weighted by Crippen LogP contribution is 2.38. The molecule has 5 nitrogen and oxygen atoms in total. The number of aromatic nitrogens is 5. The second-order valence-electron chi connectivity index (χ2n) is 12.5. The Morgan fingerprint density at radius 2 is 0.960 bits per heavy atom. The van der Waals surface area contributed by atoms with Crippen LogP contribution < -0.4 is 0 Å². The fourth-order valence-electron chi connectivity index (χ4n) is 7.32. The maximum atomic E-state index is 5.16. The van der Waals surface area contributed by atoms with Gasteiger partial charge in [0, 0.05) is 50.6 Å². The van der Waals surface area contributed by atoms with Crippen LogP contribution in [0.25, 0.3) is 88.9 Å². The van der Waals surface area contributed by atoms with Crippen LogP contribution in [0.1, 0.15) is 0 Å². The summed E-state index contributed by atoms with van der Waals surface area (Å²) >= 11 is 0. The lowest BCUT2D eigenvalue weighted by atomic mass is 10.0. The number of nitrogens with zero attached hydrogens (tertiary/aromatic N) is 5. The predicted octanol–water partition coefficient (Wildman–Crippen LogP) is 11.1. The standard InChI is InChI=1S/C45H29N5/c1-4-12-30(13-5-1)39-28-44(48-45(47-39)31-14-6-2-7-15-31)50-42-23-21-33(27-38(42)36-24-25-46-29-43(36)50)32-20-22-41-37(26-32)35-18-10-11-19-40(35)49(41)34-16-8-3-9-17-34/h1-29H. The number of hydrogen-bond acceptors (Lipinski definition) is 3. The summed E-state index contributed by atoms with van der Waals surface area (Å²) in [6.07, 6.45) is 3.81. The zero-order valence-corrected chi connectivity index (χ0v) is 27.0. The lowest BCUT2D eigenvalue weighted by Crippen LogP contribution is -2.02. The maximum absolute atomic E-state index is 5.16. The van der Waals surface area contributed by atoms with E-state index >= 15 is 0 Å². The average molecular weight is 640 g/mol. The molecule has 0 atom stereocenters. The van der Waals surface area contributed by atoms with Gasteiger partial charge in [0.25, 0.3) is 0 Å². The maximum Gasteiger partial charge on any atom is 0.162 e. The Kier molecular flexibility index (Phi) is 6.42. The van der Waals surface area contributed by atoms with Crippen molar-refractivity contribution in [2.24, 2.45) is 0 Å². The van der Waals surface area contributed by atoms with Gasteiger partial charge in [-0.25, -0.2) is 9.97 Å². The summed E-state index contributed by atoms with van der Waals surface area (Å²) in [5.74, 6) is 1.48. The van der Waals surface area contributed by atoms with Gasteiger partial charge in [-0.3, -0.25) is 9.55 Å². The van der Waals surface area contributed by atoms with E-state index in [9.17, 15) is 0 Å². The lowest BCUT2D eigenvalue weighted by Gasteiger charge is -2.12. The van der Waals surface area contributed by atoms with E-state index in [0.717, 1.165) is 55.7 Å². The van der Waals surface area contributed by atoms with Crippen molar-refractivity contribution in [2.45, 2.75) is 0 Å². The van der Waals surface area contributed by atoms with Crippen LogP contribution in [0, 0.1) is 0 Å². The van der Waals surface area contributed by atoms with E-state index in [4.69, 9.17) is 9.97 Å². The first-order valence-corrected chi connectivity index (χ1v) is 16.8. The van der Waals surface area contributed by atoms with Crippen LogP contribution in [-0.4, -0.2) is 24.1 Å². The SMILES string of the molecule is c1ccc(-c2cc(-n3c4ccc(-c5ccc6c(c5)c5ccccc5n6-c5ccccc5)cc4c4ccncc43)nc(-c3ccccc3)n2)cc1. The zero-order chi connectivity index (χ0) is 33.0. The highest BCUT2D eigenvalue weighted by atomic mass is 15.1. The van der Waals surface area contributed by atoms with E-state index in [1.807, 2.05) is 48.8 Å². The summed E-state index contributed by atoms with van der Waals surface area (Å²) in [6.45, 7) is 0. The number of rotatable bonds is 5. The van der Waals surface area contributed by atoms with Gasteiger partial charge < -0.3 is 4.57 Å². The third-order valence-corrected chi connectivity index (χ3v) is 9.63. The molecule has 0 saturated heterocycles. The molecule has 234 valence electrons. The molecule has 0 radical (unpaired) electrons. The van der Waals surface area contributed by atoms with Crippen LogP contribution in [0.5, 0.6) is 0 Å². The Morgan fingerprint density at radius 1 is 0.380 bits per heavy atom. The van der Waals surface area contributed by atoms with Gasteiger partial charge in [0.05, 0.1) is 34.0 Å². The molecule has 5 heteroatoms. The summed E-state index contributed by atoms with van der Waals surface area (Å²) in [4.78, 5) is 14.7. The molecule has 0 aliphatic carbocycles. The molecule has 0 fully saturated rings. The van der Waals surface area contributed by atoms with Crippen molar-refractivity contribution in [3.8, 4) is 45.3 Å². The largest absolute Gasteiger partial charge is 0.309 e. The van der Waals surface area contributed by atoms with Crippen molar-refractivity contribution in [2.75, 3.05) is 0 Å². The Balaban J connectivity index is 1.17. The molecule has 4 aromatic heterocycles. The Hall–Kier alpha value is -6.85. The van der Waals surface area contributed by atoms with Gasteiger partial charge in [0.2, 0.25) is 0 Å². The molecule has 50 heavy (non-hydrogen) atoms. The third-order valence-electron chi connectivity index (χ3n) is 9.63. The fourth-order valence-corrected chi connectivity index (χ4v) is 7.32. The number of benzene rings is 6. The quantitative estimate of drug-likeness (QED) is 0.188. The molecule has 10 rings (SSSR count). The van der Waals surface area contributed by atoms with Crippen LogP contribution >= 0.6 is 0 Å². The molecule has 0 N–H and O–H groups in total. The number of hydrogen-bond donors (Lipinski definition) is 0. The van der Waals surface area contributed by atoms with E-state index in [0.29, 0.717) is 5.82 Å². The Bertz CT molecular complexity index is 2800. The van der Waals surface area contributed by atoms with Crippen molar-refractivity contribution < 1.29 is 0 Å². The monoisotopic (exact) mass is 639 g/mol. The Labute approximate surface area is 288 Å². The van der Waals surface area contributed by atoms with Crippen LogP contribution in [0.2, 0.25) is 0 Å². The molecule has 0 spiro atoms. The van der Waals surface area contributed by atoms with Gasteiger partial charge in [-0.15, -0.1) is 0 Å². The number of para-hydroxylation sites is 2. The number of fused-ring (bicyclic) bond motifs is 6. The second kappa shape index (κ2) is 11.4. The predicted molar refractivity (Wildman–Crippen MR) is 205 cm³/mol. The smallest absolute Gasteiger partial charge is 0.162 e. The van der Waals surface area contributed by atoms with Crippen molar-refractivity contribution in [1.29, 1.82) is 0 Å². The summed E-state index contributed by atoms with van der Waals surface area (Å²) < 4.78 is 4.58. The van der Waals surface area contributed by atoms with E-state index in [2.05, 4.69) is 142 Å². The van der Waals surface area contributed by atoms with Gasteiger partial charge in [-0.05, 0) is 59.7 Å². The minimum absolute atomic E-state index is 0.681. The second-order valence-corrected chi connectivity index (χ2v) is 12.5.